The molecule has 0 aliphatic heterocycles. The molecule has 1 atom stereocenters. The third-order valence-electron chi connectivity index (χ3n) is 3.26. The molecular formula is C17H18Br2O. The second kappa shape index (κ2) is 7.96. The standard InChI is InChI=1S/C17H18Br2O/c1-20-11-10-13-2-6-15(7-3-13)17(19)12-14-4-8-16(18)9-5-14/h2-9,17H,10-12H2,1H3. The molecule has 0 bridgehead atoms. The number of rotatable bonds is 6. The van der Waals surface area contributed by atoms with E-state index in [9.17, 15) is 0 Å². The monoisotopic (exact) mass is 396 g/mol. The van der Waals surface area contributed by atoms with Gasteiger partial charge in [-0.1, -0.05) is 68.3 Å². The second-order valence-corrected chi connectivity index (χ2v) is 6.80. The van der Waals surface area contributed by atoms with Crippen molar-refractivity contribution in [1.82, 2.24) is 0 Å². The van der Waals surface area contributed by atoms with E-state index in [2.05, 4.69) is 80.4 Å². The number of hydrogen-bond acceptors (Lipinski definition) is 1. The fourth-order valence-electron chi connectivity index (χ4n) is 2.06. The topological polar surface area (TPSA) is 9.23 Å². The third-order valence-corrected chi connectivity index (χ3v) is 4.65. The van der Waals surface area contributed by atoms with Crippen molar-refractivity contribution in [2.24, 2.45) is 0 Å². The number of methoxy groups -OCH3 is 1. The average Bonchev–Trinajstić information content (AvgIpc) is 2.48. The number of alkyl halides is 1. The first-order valence-electron chi connectivity index (χ1n) is 6.65. The lowest BCUT2D eigenvalue weighted by Crippen LogP contribution is -1.97. The highest BCUT2D eigenvalue weighted by Gasteiger charge is 2.08. The van der Waals surface area contributed by atoms with Crippen LogP contribution in [0.25, 0.3) is 0 Å². The van der Waals surface area contributed by atoms with E-state index in [1.54, 1.807) is 7.11 Å². The summed E-state index contributed by atoms with van der Waals surface area (Å²) in [6, 6.07) is 17.3. The lowest BCUT2D eigenvalue weighted by molar-refractivity contribution is 0.202. The van der Waals surface area contributed by atoms with E-state index in [0.29, 0.717) is 4.83 Å². The molecular weight excluding hydrogens is 380 g/mol. The lowest BCUT2D eigenvalue weighted by atomic mass is 10.0. The first-order valence-corrected chi connectivity index (χ1v) is 8.36. The van der Waals surface area contributed by atoms with E-state index in [1.807, 2.05) is 0 Å². The minimum absolute atomic E-state index is 0.347. The van der Waals surface area contributed by atoms with Gasteiger partial charge in [0.25, 0.3) is 0 Å². The van der Waals surface area contributed by atoms with Gasteiger partial charge in [-0.3, -0.25) is 0 Å². The van der Waals surface area contributed by atoms with Gasteiger partial charge in [0.2, 0.25) is 0 Å². The molecule has 3 heteroatoms. The fourth-order valence-corrected chi connectivity index (χ4v) is 3.00. The van der Waals surface area contributed by atoms with Crippen molar-refractivity contribution in [2.75, 3.05) is 13.7 Å². The molecule has 2 aromatic carbocycles. The highest BCUT2D eigenvalue weighted by molar-refractivity contribution is 9.10. The van der Waals surface area contributed by atoms with Crippen LogP contribution in [0.4, 0.5) is 0 Å². The van der Waals surface area contributed by atoms with Gasteiger partial charge in [-0.15, -0.1) is 0 Å². The quantitative estimate of drug-likeness (QED) is 0.599. The Bertz CT molecular complexity index is 520. The molecule has 0 amide bonds. The van der Waals surface area contributed by atoms with Gasteiger partial charge >= 0.3 is 0 Å². The Morgan fingerprint density at radius 1 is 0.950 bits per heavy atom. The Morgan fingerprint density at radius 2 is 1.55 bits per heavy atom. The molecule has 106 valence electrons. The van der Waals surface area contributed by atoms with E-state index in [0.717, 1.165) is 23.9 Å². The molecule has 0 N–H and O–H groups in total. The molecule has 1 nitrogen and oxygen atoms in total. The molecule has 0 fully saturated rings. The van der Waals surface area contributed by atoms with E-state index in [4.69, 9.17) is 4.74 Å². The molecule has 0 aliphatic rings. The van der Waals surface area contributed by atoms with Crippen molar-refractivity contribution < 1.29 is 4.74 Å². The minimum Gasteiger partial charge on any atom is -0.384 e. The van der Waals surface area contributed by atoms with E-state index in [-0.39, 0.29) is 0 Å². The van der Waals surface area contributed by atoms with Crippen molar-refractivity contribution in [3.05, 3.63) is 69.7 Å². The zero-order valence-corrected chi connectivity index (χ0v) is 14.7. The molecule has 2 rings (SSSR count). The van der Waals surface area contributed by atoms with E-state index in [1.165, 1.54) is 16.7 Å². The number of halogens is 2. The van der Waals surface area contributed by atoms with Crippen LogP contribution in [0.1, 0.15) is 21.5 Å². The predicted molar refractivity (Wildman–Crippen MR) is 91.5 cm³/mol. The highest BCUT2D eigenvalue weighted by atomic mass is 79.9. The largest absolute Gasteiger partial charge is 0.384 e. The Labute approximate surface area is 137 Å². The van der Waals surface area contributed by atoms with Gasteiger partial charge in [0.05, 0.1) is 6.61 Å². The van der Waals surface area contributed by atoms with Crippen molar-refractivity contribution in [2.45, 2.75) is 17.7 Å². The maximum absolute atomic E-state index is 5.10. The smallest absolute Gasteiger partial charge is 0.0502 e. The van der Waals surface area contributed by atoms with Gasteiger partial charge in [0, 0.05) is 16.4 Å². The molecule has 0 spiro atoms. The van der Waals surface area contributed by atoms with Crippen LogP contribution < -0.4 is 0 Å². The zero-order chi connectivity index (χ0) is 14.4. The maximum Gasteiger partial charge on any atom is 0.0502 e. The van der Waals surface area contributed by atoms with Crippen LogP contribution in [0.15, 0.2) is 53.0 Å². The van der Waals surface area contributed by atoms with Crippen LogP contribution in [0.3, 0.4) is 0 Å². The normalized spacial score (nSPS) is 12.3. The molecule has 0 aliphatic carbocycles. The maximum atomic E-state index is 5.10. The number of benzene rings is 2. The summed E-state index contributed by atoms with van der Waals surface area (Å²) >= 11 is 7.25. The van der Waals surface area contributed by atoms with Crippen LogP contribution in [0, 0.1) is 0 Å². The Morgan fingerprint density at radius 3 is 2.15 bits per heavy atom. The molecule has 0 aromatic heterocycles. The summed E-state index contributed by atoms with van der Waals surface area (Å²) in [7, 11) is 1.74. The van der Waals surface area contributed by atoms with Crippen molar-refractivity contribution in [1.29, 1.82) is 0 Å². The summed E-state index contributed by atoms with van der Waals surface area (Å²) in [6.07, 6.45) is 1.96. The first-order chi connectivity index (χ1) is 9.69. The summed E-state index contributed by atoms with van der Waals surface area (Å²) in [6.45, 7) is 0.774. The Hall–Kier alpha value is -0.640. The third kappa shape index (κ3) is 4.72. The van der Waals surface area contributed by atoms with Gasteiger partial charge in [-0.2, -0.15) is 0 Å². The zero-order valence-electron chi connectivity index (χ0n) is 11.5. The molecule has 0 saturated carbocycles. The van der Waals surface area contributed by atoms with Crippen molar-refractivity contribution in [3.8, 4) is 0 Å². The molecule has 20 heavy (non-hydrogen) atoms. The molecule has 0 radical (unpaired) electrons. The van der Waals surface area contributed by atoms with Crippen LogP contribution in [-0.4, -0.2) is 13.7 Å². The van der Waals surface area contributed by atoms with Crippen LogP contribution >= 0.6 is 31.9 Å². The highest BCUT2D eigenvalue weighted by Crippen LogP contribution is 2.27. The SMILES string of the molecule is COCCc1ccc(C(Br)Cc2ccc(Br)cc2)cc1. The van der Waals surface area contributed by atoms with Crippen molar-refractivity contribution >= 4 is 31.9 Å². The minimum atomic E-state index is 0.347. The Balaban J connectivity index is 1.98. The molecule has 2 aromatic rings. The summed E-state index contributed by atoms with van der Waals surface area (Å²) < 4.78 is 6.22. The summed E-state index contributed by atoms with van der Waals surface area (Å²) in [4.78, 5) is 0.347. The van der Waals surface area contributed by atoms with Crippen molar-refractivity contribution in [3.63, 3.8) is 0 Å². The van der Waals surface area contributed by atoms with E-state index >= 15 is 0 Å². The number of ether oxygens (including phenoxy) is 1. The average molecular weight is 398 g/mol. The van der Waals surface area contributed by atoms with Gasteiger partial charge in [-0.05, 0) is 41.7 Å². The summed E-state index contributed by atoms with van der Waals surface area (Å²) in [5.74, 6) is 0. The number of hydrogen-bond donors (Lipinski definition) is 0. The van der Waals surface area contributed by atoms with Crippen LogP contribution in [0.2, 0.25) is 0 Å². The molecule has 0 heterocycles. The second-order valence-electron chi connectivity index (χ2n) is 4.78. The van der Waals surface area contributed by atoms with Gasteiger partial charge < -0.3 is 4.74 Å². The first kappa shape index (κ1) is 15.7. The van der Waals surface area contributed by atoms with Gasteiger partial charge in [0.1, 0.15) is 0 Å². The fraction of sp³-hybridized carbons (Fsp3) is 0.294. The van der Waals surface area contributed by atoms with Gasteiger partial charge in [0.15, 0.2) is 0 Å². The lowest BCUT2D eigenvalue weighted by Gasteiger charge is -2.11. The molecule has 0 saturated heterocycles. The van der Waals surface area contributed by atoms with E-state index < -0.39 is 0 Å². The predicted octanol–water partition coefficient (Wildman–Crippen LogP) is 5.32. The molecule has 1 unspecified atom stereocenters. The summed E-state index contributed by atoms with van der Waals surface area (Å²) in [5, 5.41) is 0. The van der Waals surface area contributed by atoms with Crippen LogP contribution in [0.5, 0.6) is 0 Å². The van der Waals surface area contributed by atoms with Gasteiger partial charge in [-0.25, -0.2) is 0 Å². The Kier molecular flexibility index (Phi) is 6.27. The summed E-state index contributed by atoms with van der Waals surface area (Å²) in [5.41, 5.74) is 3.96. The van der Waals surface area contributed by atoms with Crippen LogP contribution in [-0.2, 0) is 17.6 Å².